The first-order chi connectivity index (χ1) is 9.56. The number of amides is 1. The number of carbonyl (C=O) groups excluding carboxylic acids is 1. The van der Waals surface area contributed by atoms with Gasteiger partial charge < -0.3 is 10.2 Å². The summed E-state index contributed by atoms with van der Waals surface area (Å²) in [6.45, 7) is 6.59. The number of aromatic nitrogens is 1. The van der Waals surface area contributed by atoms with E-state index in [1.165, 1.54) is 0 Å². The van der Waals surface area contributed by atoms with Crippen LogP contribution in [0.3, 0.4) is 0 Å². The fourth-order valence-corrected chi connectivity index (χ4v) is 2.67. The van der Waals surface area contributed by atoms with E-state index in [9.17, 15) is 4.79 Å². The first kappa shape index (κ1) is 15.1. The van der Waals surface area contributed by atoms with E-state index in [1.807, 2.05) is 26.0 Å². The average molecular weight is 296 g/mol. The molecule has 1 amide bonds. The lowest BCUT2D eigenvalue weighted by molar-refractivity contribution is -0.124. The molecular formula is C15H22ClN3O. The zero-order valence-corrected chi connectivity index (χ0v) is 12.9. The summed E-state index contributed by atoms with van der Waals surface area (Å²) in [6.07, 6.45) is 4.04. The van der Waals surface area contributed by atoms with Crippen molar-refractivity contribution in [3.63, 3.8) is 0 Å². The molecule has 1 unspecified atom stereocenters. The topological polar surface area (TPSA) is 45.2 Å². The number of halogens is 1. The minimum Gasteiger partial charge on any atom is -0.371 e. The molecule has 5 heteroatoms. The number of pyridine rings is 1. The van der Waals surface area contributed by atoms with Crippen molar-refractivity contribution in [3.8, 4) is 0 Å². The Labute approximate surface area is 125 Å². The Kier molecular flexibility index (Phi) is 5.24. The van der Waals surface area contributed by atoms with E-state index in [4.69, 9.17) is 11.6 Å². The van der Waals surface area contributed by atoms with Gasteiger partial charge in [0.15, 0.2) is 0 Å². The van der Waals surface area contributed by atoms with Gasteiger partial charge in [0.05, 0.1) is 0 Å². The molecule has 1 N–H and O–H groups in total. The minimum absolute atomic E-state index is 0.0497. The Morgan fingerprint density at radius 2 is 2.40 bits per heavy atom. The highest BCUT2D eigenvalue weighted by Gasteiger charge is 2.21. The summed E-state index contributed by atoms with van der Waals surface area (Å²) in [5.74, 6) is 0.682. The number of hydrogen-bond donors (Lipinski definition) is 1. The molecule has 0 saturated carbocycles. The van der Waals surface area contributed by atoms with E-state index in [-0.39, 0.29) is 11.8 Å². The third-order valence-corrected chi connectivity index (χ3v) is 3.89. The smallest absolute Gasteiger partial charge is 0.222 e. The molecular weight excluding hydrogens is 274 g/mol. The number of carbonyl (C=O) groups is 1. The molecule has 1 fully saturated rings. The second-order valence-corrected chi connectivity index (χ2v) is 6.08. The second-order valence-electron chi connectivity index (χ2n) is 5.69. The maximum absolute atomic E-state index is 11.6. The maximum Gasteiger partial charge on any atom is 0.222 e. The summed E-state index contributed by atoms with van der Waals surface area (Å²) in [6, 6.07) is 3.89. The van der Waals surface area contributed by atoms with E-state index in [0.717, 1.165) is 38.2 Å². The lowest BCUT2D eigenvalue weighted by Gasteiger charge is -2.34. The number of nitrogens with one attached hydrogen (secondary N) is 1. The Bertz CT molecular complexity index is 464. The molecule has 0 aliphatic carbocycles. The van der Waals surface area contributed by atoms with E-state index < -0.39 is 0 Å². The van der Waals surface area contributed by atoms with Gasteiger partial charge in [-0.2, -0.15) is 0 Å². The SMILES string of the molecule is CC(C)C(=O)NCC1CCCN(c2ccnc(Cl)c2)C1. The van der Waals surface area contributed by atoms with Crippen molar-refractivity contribution in [3.05, 3.63) is 23.5 Å². The highest BCUT2D eigenvalue weighted by atomic mass is 35.5. The third kappa shape index (κ3) is 4.10. The summed E-state index contributed by atoms with van der Waals surface area (Å²) >= 11 is 5.94. The van der Waals surface area contributed by atoms with Crippen LogP contribution >= 0.6 is 11.6 Å². The molecule has 1 aromatic rings. The fraction of sp³-hybridized carbons (Fsp3) is 0.600. The molecule has 20 heavy (non-hydrogen) atoms. The van der Waals surface area contributed by atoms with Gasteiger partial charge >= 0.3 is 0 Å². The van der Waals surface area contributed by atoms with Crippen LogP contribution in [0.15, 0.2) is 18.3 Å². The van der Waals surface area contributed by atoms with Crippen molar-refractivity contribution < 1.29 is 4.79 Å². The third-order valence-electron chi connectivity index (χ3n) is 3.68. The Hall–Kier alpha value is -1.29. The highest BCUT2D eigenvalue weighted by molar-refractivity contribution is 6.29. The summed E-state index contributed by atoms with van der Waals surface area (Å²) in [7, 11) is 0. The molecule has 0 spiro atoms. The predicted molar refractivity (Wildman–Crippen MR) is 82.0 cm³/mol. The van der Waals surface area contributed by atoms with Gasteiger partial charge in [-0.15, -0.1) is 0 Å². The molecule has 0 radical (unpaired) electrons. The van der Waals surface area contributed by atoms with Gasteiger partial charge in [0, 0.05) is 37.4 Å². The van der Waals surface area contributed by atoms with Gasteiger partial charge in [-0.1, -0.05) is 25.4 Å². The summed E-state index contributed by atoms with van der Waals surface area (Å²) < 4.78 is 0. The van der Waals surface area contributed by atoms with E-state index >= 15 is 0 Å². The molecule has 1 aromatic heterocycles. The summed E-state index contributed by atoms with van der Waals surface area (Å²) in [5, 5.41) is 3.56. The van der Waals surface area contributed by atoms with E-state index in [0.29, 0.717) is 11.1 Å². The normalized spacial score (nSPS) is 19.2. The second kappa shape index (κ2) is 6.93. The van der Waals surface area contributed by atoms with Gasteiger partial charge in [-0.05, 0) is 30.9 Å². The van der Waals surface area contributed by atoms with Crippen LogP contribution in [0.1, 0.15) is 26.7 Å². The molecule has 1 aliphatic rings. The predicted octanol–water partition coefficient (Wildman–Crippen LogP) is 2.72. The summed E-state index contributed by atoms with van der Waals surface area (Å²) in [4.78, 5) is 18.0. The van der Waals surface area contributed by atoms with Crippen LogP contribution in [0.5, 0.6) is 0 Å². The first-order valence-electron chi connectivity index (χ1n) is 7.20. The van der Waals surface area contributed by atoms with Gasteiger partial charge in [0.25, 0.3) is 0 Å². The Balaban J connectivity index is 1.90. The van der Waals surface area contributed by atoms with Crippen LogP contribution in [0.4, 0.5) is 5.69 Å². The largest absolute Gasteiger partial charge is 0.371 e. The molecule has 1 saturated heterocycles. The van der Waals surface area contributed by atoms with Gasteiger partial charge in [-0.25, -0.2) is 4.98 Å². The number of rotatable bonds is 4. The Morgan fingerprint density at radius 1 is 1.60 bits per heavy atom. The monoisotopic (exact) mass is 295 g/mol. The zero-order valence-electron chi connectivity index (χ0n) is 12.1. The highest BCUT2D eigenvalue weighted by Crippen LogP contribution is 2.24. The van der Waals surface area contributed by atoms with Gasteiger partial charge in [0.1, 0.15) is 5.15 Å². The van der Waals surface area contributed by atoms with Crippen molar-refractivity contribution in [2.75, 3.05) is 24.5 Å². The minimum atomic E-state index is 0.0497. The molecule has 1 aliphatic heterocycles. The van der Waals surface area contributed by atoms with Crippen molar-refractivity contribution in [1.82, 2.24) is 10.3 Å². The lowest BCUT2D eigenvalue weighted by atomic mass is 9.97. The molecule has 2 heterocycles. The lowest BCUT2D eigenvalue weighted by Crippen LogP contribution is -2.41. The molecule has 4 nitrogen and oxygen atoms in total. The van der Waals surface area contributed by atoms with Crippen molar-refractivity contribution in [2.24, 2.45) is 11.8 Å². The van der Waals surface area contributed by atoms with Gasteiger partial charge in [-0.3, -0.25) is 4.79 Å². The average Bonchev–Trinajstić information content (AvgIpc) is 2.45. The number of anilines is 1. The van der Waals surface area contributed by atoms with Crippen LogP contribution < -0.4 is 10.2 Å². The van der Waals surface area contributed by atoms with Crippen molar-refractivity contribution >= 4 is 23.2 Å². The molecule has 110 valence electrons. The number of piperidine rings is 1. The maximum atomic E-state index is 11.6. The van der Waals surface area contributed by atoms with Crippen LogP contribution in [0.2, 0.25) is 5.15 Å². The van der Waals surface area contributed by atoms with Gasteiger partial charge in [0.2, 0.25) is 5.91 Å². The molecule has 1 atom stereocenters. The van der Waals surface area contributed by atoms with Crippen LogP contribution in [-0.4, -0.2) is 30.5 Å². The Morgan fingerprint density at radius 3 is 3.10 bits per heavy atom. The first-order valence-corrected chi connectivity index (χ1v) is 7.58. The van der Waals surface area contributed by atoms with Crippen LogP contribution in [-0.2, 0) is 4.79 Å². The number of hydrogen-bond acceptors (Lipinski definition) is 3. The summed E-state index contributed by atoms with van der Waals surface area (Å²) in [5.41, 5.74) is 1.12. The van der Waals surface area contributed by atoms with E-state index in [2.05, 4.69) is 15.2 Å². The number of nitrogens with zero attached hydrogens (tertiary/aromatic N) is 2. The van der Waals surface area contributed by atoms with E-state index in [1.54, 1.807) is 6.20 Å². The molecule has 0 aromatic carbocycles. The quantitative estimate of drug-likeness (QED) is 0.869. The standard InChI is InChI=1S/C15H22ClN3O/c1-11(2)15(20)18-9-12-4-3-7-19(10-12)13-5-6-17-14(16)8-13/h5-6,8,11-12H,3-4,7,9-10H2,1-2H3,(H,18,20). The van der Waals surface area contributed by atoms with Crippen molar-refractivity contribution in [1.29, 1.82) is 0 Å². The van der Waals surface area contributed by atoms with Crippen LogP contribution in [0.25, 0.3) is 0 Å². The zero-order chi connectivity index (χ0) is 14.5. The fourth-order valence-electron chi connectivity index (χ4n) is 2.50. The molecule has 2 rings (SSSR count). The van der Waals surface area contributed by atoms with Crippen molar-refractivity contribution in [2.45, 2.75) is 26.7 Å². The molecule has 0 bridgehead atoms. The van der Waals surface area contributed by atoms with Crippen LogP contribution in [0, 0.1) is 11.8 Å².